The van der Waals surface area contributed by atoms with Gasteiger partial charge < -0.3 is 4.98 Å². The molecule has 0 aliphatic rings. The van der Waals surface area contributed by atoms with Gasteiger partial charge in [-0.2, -0.15) is 0 Å². The molecule has 1 unspecified atom stereocenters. The summed E-state index contributed by atoms with van der Waals surface area (Å²) in [6.45, 7) is 6.61. The molecule has 0 saturated carbocycles. The van der Waals surface area contributed by atoms with Crippen LogP contribution in [0.2, 0.25) is 5.02 Å². The van der Waals surface area contributed by atoms with Crippen LogP contribution in [0, 0.1) is 6.92 Å². The zero-order valence-corrected chi connectivity index (χ0v) is 10.2. The fourth-order valence-electron chi connectivity index (χ4n) is 2.16. The van der Waals surface area contributed by atoms with Crippen molar-refractivity contribution in [3.8, 4) is 0 Å². The summed E-state index contributed by atoms with van der Waals surface area (Å²) in [5.74, 6) is 0.581. The van der Waals surface area contributed by atoms with Crippen LogP contribution in [0.1, 0.15) is 37.4 Å². The number of aromatic amines is 1. The highest BCUT2D eigenvalue weighted by Crippen LogP contribution is 2.32. The van der Waals surface area contributed by atoms with Crippen LogP contribution in [-0.2, 0) is 0 Å². The summed E-state index contributed by atoms with van der Waals surface area (Å²) < 4.78 is 0. The summed E-state index contributed by atoms with van der Waals surface area (Å²) in [5, 5.41) is 2.08. The molecule has 0 aliphatic carbocycles. The SMILES string of the molecule is CCC(C)c1c(C)[nH]c2ccc(Cl)cc12. The highest BCUT2D eigenvalue weighted by Gasteiger charge is 2.13. The number of benzene rings is 1. The monoisotopic (exact) mass is 221 g/mol. The number of hydrogen-bond donors (Lipinski definition) is 1. The summed E-state index contributed by atoms with van der Waals surface area (Å²) in [6.07, 6.45) is 1.15. The van der Waals surface area contributed by atoms with Crippen molar-refractivity contribution in [2.75, 3.05) is 0 Å². The van der Waals surface area contributed by atoms with Gasteiger partial charge in [-0.15, -0.1) is 0 Å². The molecule has 15 heavy (non-hydrogen) atoms. The molecule has 80 valence electrons. The Hall–Kier alpha value is -0.950. The van der Waals surface area contributed by atoms with Crippen molar-refractivity contribution in [3.63, 3.8) is 0 Å². The van der Waals surface area contributed by atoms with E-state index in [0.29, 0.717) is 5.92 Å². The topological polar surface area (TPSA) is 15.8 Å². The van der Waals surface area contributed by atoms with E-state index in [1.165, 1.54) is 22.2 Å². The lowest BCUT2D eigenvalue weighted by Gasteiger charge is -2.08. The highest BCUT2D eigenvalue weighted by molar-refractivity contribution is 6.31. The van der Waals surface area contributed by atoms with E-state index in [1.807, 2.05) is 6.07 Å². The van der Waals surface area contributed by atoms with Crippen LogP contribution in [-0.4, -0.2) is 4.98 Å². The number of H-pyrrole nitrogens is 1. The van der Waals surface area contributed by atoms with E-state index < -0.39 is 0 Å². The number of fused-ring (bicyclic) bond motifs is 1. The Morgan fingerprint density at radius 3 is 2.80 bits per heavy atom. The zero-order chi connectivity index (χ0) is 11.0. The molecule has 1 nitrogen and oxygen atoms in total. The van der Waals surface area contributed by atoms with Gasteiger partial charge in [0.1, 0.15) is 0 Å². The highest BCUT2D eigenvalue weighted by atomic mass is 35.5. The Balaban J connectivity index is 2.70. The number of aryl methyl sites for hydroxylation is 1. The maximum atomic E-state index is 6.03. The quantitative estimate of drug-likeness (QED) is 0.760. The van der Waals surface area contributed by atoms with E-state index in [4.69, 9.17) is 11.6 Å². The Kier molecular flexibility index (Phi) is 2.74. The van der Waals surface area contributed by atoms with Crippen LogP contribution >= 0.6 is 11.6 Å². The molecule has 0 aliphatic heterocycles. The van der Waals surface area contributed by atoms with Gasteiger partial charge in [0.05, 0.1) is 0 Å². The molecule has 2 heteroatoms. The number of aromatic nitrogens is 1. The van der Waals surface area contributed by atoms with Crippen molar-refractivity contribution < 1.29 is 0 Å². The molecular formula is C13H16ClN. The molecule has 1 aromatic heterocycles. The third-order valence-corrected chi connectivity index (χ3v) is 3.34. The molecule has 2 aromatic rings. The van der Waals surface area contributed by atoms with Gasteiger partial charge in [-0.1, -0.05) is 25.4 Å². The van der Waals surface area contributed by atoms with Crippen molar-refractivity contribution in [1.82, 2.24) is 4.98 Å². The molecule has 0 saturated heterocycles. The molecule has 1 heterocycles. The summed E-state index contributed by atoms with van der Waals surface area (Å²) in [7, 11) is 0. The molecule has 0 amide bonds. The van der Waals surface area contributed by atoms with E-state index in [1.54, 1.807) is 0 Å². The third-order valence-electron chi connectivity index (χ3n) is 3.10. The zero-order valence-electron chi connectivity index (χ0n) is 9.39. The van der Waals surface area contributed by atoms with Gasteiger partial charge in [-0.05, 0) is 43.0 Å². The van der Waals surface area contributed by atoms with Gasteiger partial charge in [0.2, 0.25) is 0 Å². The fraction of sp³-hybridized carbons (Fsp3) is 0.385. The Bertz CT molecular complexity index is 484. The van der Waals surface area contributed by atoms with Crippen molar-refractivity contribution in [3.05, 3.63) is 34.5 Å². The smallest absolute Gasteiger partial charge is 0.0460 e. The lowest BCUT2D eigenvalue weighted by Crippen LogP contribution is -1.92. The van der Waals surface area contributed by atoms with E-state index in [-0.39, 0.29) is 0 Å². The van der Waals surface area contributed by atoms with Crippen molar-refractivity contribution in [2.45, 2.75) is 33.1 Å². The molecule has 0 spiro atoms. The molecule has 0 bridgehead atoms. The molecule has 2 rings (SSSR count). The molecule has 1 aromatic carbocycles. The maximum Gasteiger partial charge on any atom is 0.0460 e. The lowest BCUT2D eigenvalue weighted by atomic mass is 9.96. The number of hydrogen-bond acceptors (Lipinski definition) is 0. The fourth-order valence-corrected chi connectivity index (χ4v) is 2.33. The first kappa shape index (κ1) is 10.6. The van der Waals surface area contributed by atoms with E-state index in [2.05, 4.69) is 37.9 Å². The standard InChI is InChI=1S/C13H16ClN/c1-4-8(2)13-9(3)15-12-6-5-10(14)7-11(12)13/h5-8,15H,4H2,1-3H3. The van der Waals surface area contributed by atoms with Crippen molar-refractivity contribution in [1.29, 1.82) is 0 Å². The Morgan fingerprint density at radius 2 is 2.13 bits per heavy atom. The first-order valence-electron chi connectivity index (χ1n) is 5.41. The summed E-state index contributed by atoms with van der Waals surface area (Å²) in [5.41, 5.74) is 3.86. The van der Waals surface area contributed by atoms with Crippen LogP contribution in [0.3, 0.4) is 0 Å². The average molecular weight is 222 g/mol. The van der Waals surface area contributed by atoms with Gasteiger partial charge in [0.15, 0.2) is 0 Å². The first-order valence-corrected chi connectivity index (χ1v) is 5.79. The predicted molar refractivity (Wildman–Crippen MR) is 66.8 cm³/mol. The van der Waals surface area contributed by atoms with Crippen LogP contribution in [0.15, 0.2) is 18.2 Å². The minimum absolute atomic E-state index is 0.581. The molecule has 1 atom stereocenters. The molecule has 0 fully saturated rings. The number of halogens is 1. The van der Waals surface area contributed by atoms with Gasteiger partial charge in [0, 0.05) is 21.6 Å². The van der Waals surface area contributed by atoms with Gasteiger partial charge in [-0.3, -0.25) is 0 Å². The maximum absolute atomic E-state index is 6.03. The summed E-state index contributed by atoms with van der Waals surface area (Å²) in [4.78, 5) is 3.41. The van der Waals surface area contributed by atoms with E-state index >= 15 is 0 Å². The van der Waals surface area contributed by atoms with Crippen LogP contribution < -0.4 is 0 Å². The van der Waals surface area contributed by atoms with Gasteiger partial charge in [-0.25, -0.2) is 0 Å². The van der Waals surface area contributed by atoms with Gasteiger partial charge in [0.25, 0.3) is 0 Å². The minimum Gasteiger partial charge on any atom is -0.358 e. The lowest BCUT2D eigenvalue weighted by molar-refractivity contribution is 0.733. The Labute approximate surface area is 95.5 Å². The number of rotatable bonds is 2. The molecular weight excluding hydrogens is 206 g/mol. The van der Waals surface area contributed by atoms with Crippen LogP contribution in [0.5, 0.6) is 0 Å². The first-order chi connectivity index (χ1) is 7.13. The van der Waals surface area contributed by atoms with E-state index in [0.717, 1.165) is 11.4 Å². The predicted octanol–water partition coefficient (Wildman–Crippen LogP) is 4.64. The largest absolute Gasteiger partial charge is 0.358 e. The van der Waals surface area contributed by atoms with Crippen LogP contribution in [0.4, 0.5) is 0 Å². The normalized spacial score (nSPS) is 13.3. The summed E-state index contributed by atoms with van der Waals surface area (Å²) >= 11 is 6.03. The molecule has 1 N–H and O–H groups in total. The Morgan fingerprint density at radius 1 is 1.40 bits per heavy atom. The van der Waals surface area contributed by atoms with E-state index in [9.17, 15) is 0 Å². The second kappa shape index (κ2) is 3.90. The average Bonchev–Trinajstić information content (AvgIpc) is 2.52. The third kappa shape index (κ3) is 1.76. The van der Waals surface area contributed by atoms with Crippen molar-refractivity contribution in [2.24, 2.45) is 0 Å². The second-order valence-electron chi connectivity index (χ2n) is 4.16. The van der Waals surface area contributed by atoms with Crippen molar-refractivity contribution >= 4 is 22.5 Å². The van der Waals surface area contributed by atoms with Crippen LogP contribution in [0.25, 0.3) is 10.9 Å². The minimum atomic E-state index is 0.581. The van der Waals surface area contributed by atoms with Gasteiger partial charge >= 0.3 is 0 Å². The molecule has 0 radical (unpaired) electrons. The summed E-state index contributed by atoms with van der Waals surface area (Å²) in [6, 6.07) is 6.04. The second-order valence-corrected chi connectivity index (χ2v) is 4.60. The number of nitrogens with one attached hydrogen (secondary N) is 1.